The summed E-state index contributed by atoms with van der Waals surface area (Å²) in [6.07, 6.45) is 9.71. The lowest BCUT2D eigenvalue weighted by Gasteiger charge is -2.34. The number of piperazine rings is 1. The van der Waals surface area contributed by atoms with Crippen LogP contribution in [0.5, 0.6) is 5.75 Å². The number of nitrogens with zero attached hydrogens (tertiary/aromatic N) is 1. The summed E-state index contributed by atoms with van der Waals surface area (Å²) in [5, 5.41) is 17.4. The summed E-state index contributed by atoms with van der Waals surface area (Å²) >= 11 is 0. The topological polar surface area (TPSA) is 47.5 Å². The highest BCUT2D eigenvalue weighted by Gasteiger charge is 2.38. The van der Waals surface area contributed by atoms with Gasteiger partial charge in [-0.25, -0.2) is 4.39 Å². The molecule has 2 aliphatic carbocycles. The Bertz CT molecular complexity index is 746. The first-order valence-electron chi connectivity index (χ1n) is 10.7. The molecule has 0 atom stereocenters. The molecule has 1 aliphatic heterocycles. The number of halogens is 1. The van der Waals surface area contributed by atoms with Crippen LogP contribution in [0.25, 0.3) is 0 Å². The van der Waals surface area contributed by atoms with Gasteiger partial charge in [0.1, 0.15) is 11.6 Å². The highest BCUT2D eigenvalue weighted by atomic mass is 19.1. The summed E-state index contributed by atoms with van der Waals surface area (Å²) in [5.41, 5.74) is 2.76. The molecular weight excluding hydrogens is 353 g/mol. The monoisotopic (exact) mass is 385 g/mol. The third-order valence-corrected chi connectivity index (χ3v) is 6.46. The number of phenolic OH excluding ortho intramolecular Hbond substituents is 1. The standard InChI is InChI=1S/C23H32FN3O/c24-21-6-2-1-5-20(21)23(9-3-4-10-23)26-16-18-7-8-22(28)19(15-18)17-27-13-11-25-12-14-27/h1,5,7-8,15,25-26,28H,2-4,6,9-14,16-17H2. The summed E-state index contributed by atoms with van der Waals surface area (Å²) in [5.74, 6) is 0.420. The van der Waals surface area contributed by atoms with Gasteiger partial charge in [0.05, 0.1) is 0 Å². The first-order chi connectivity index (χ1) is 13.7. The second-order valence-electron chi connectivity index (χ2n) is 8.39. The molecule has 1 heterocycles. The van der Waals surface area contributed by atoms with Gasteiger partial charge >= 0.3 is 0 Å². The molecule has 0 bridgehead atoms. The fourth-order valence-corrected chi connectivity index (χ4v) is 4.83. The van der Waals surface area contributed by atoms with Gasteiger partial charge in [-0.15, -0.1) is 0 Å². The van der Waals surface area contributed by atoms with Crippen LogP contribution in [0.2, 0.25) is 0 Å². The average Bonchev–Trinajstić information content (AvgIpc) is 3.20. The van der Waals surface area contributed by atoms with Gasteiger partial charge < -0.3 is 15.7 Å². The van der Waals surface area contributed by atoms with Crippen molar-refractivity contribution in [2.45, 2.75) is 57.2 Å². The Morgan fingerprint density at radius 2 is 1.96 bits per heavy atom. The fourth-order valence-electron chi connectivity index (χ4n) is 4.83. The minimum Gasteiger partial charge on any atom is -0.508 e. The third kappa shape index (κ3) is 4.32. The SMILES string of the molecule is Oc1ccc(CNC2(C3=C(F)CCC=C3)CCCC2)cc1CN1CCNCC1. The van der Waals surface area contributed by atoms with Crippen LogP contribution in [0.3, 0.4) is 0 Å². The average molecular weight is 386 g/mol. The molecule has 28 heavy (non-hydrogen) atoms. The van der Waals surface area contributed by atoms with E-state index in [2.05, 4.69) is 27.7 Å². The molecule has 2 fully saturated rings. The van der Waals surface area contributed by atoms with Gasteiger partial charge in [0.2, 0.25) is 0 Å². The summed E-state index contributed by atoms with van der Waals surface area (Å²) in [6, 6.07) is 5.89. The zero-order valence-corrected chi connectivity index (χ0v) is 16.6. The van der Waals surface area contributed by atoms with Crippen molar-refractivity contribution in [3.05, 3.63) is 52.9 Å². The van der Waals surface area contributed by atoms with Crippen molar-refractivity contribution in [2.75, 3.05) is 26.2 Å². The van der Waals surface area contributed by atoms with Gasteiger partial charge in [-0.1, -0.05) is 31.1 Å². The predicted molar refractivity (Wildman–Crippen MR) is 111 cm³/mol. The largest absolute Gasteiger partial charge is 0.508 e. The number of hydrogen-bond donors (Lipinski definition) is 3. The van der Waals surface area contributed by atoms with E-state index in [1.54, 1.807) is 6.07 Å². The van der Waals surface area contributed by atoms with E-state index in [1.807, 2.05) is 12.1 Å². The normalized spacial score (nSPS) is 22.8. The van der Waals surface area contributed by atoms with Crippen LogP contribution in [0, 0.1) is 0 Å². The van der Waals surface area contributed by atoms with E-state index in [4.69, 9.17) is 0 Å². The summed E-state index contributed by atoms with van der Waals surface area (Å²) in [7, 11) is 0. The molecule has 5 heteroatoms. The van der Waals surface area contributed by atoms with E-state index in [-0.39, 0.29) is 11.4 Å². The molecule has 152 valence electrons. The van der Waals surface area contributed by atoms with Crippen LogP contribution in [-0.4, -0.2) is 41.7 Å². The number of rotatable bonds is 6. The van der Waals surface area contributed by atoms with E-state index in [9.17, 15) is 9.50 Å². The smallest absolute Gasteiger partial charge is 0.120 e. The number of aromatic hydroxyl groups is 1. The lowest BCUT2D eigenvalue weighted by Crippen LogP contribution is -2.44. The molecule has 0 unspecified atom stereocenters. The van der Waals surface area contributed by atoms with Crippen molar-refractivity contribution in [1.82, 2.24) is 15.5 Å². The molecule has 0 radical (unpaired) electrons. The predicted octanol–water partition coefficient (Wildman–Crippen LogP) is 3.77. The maximum absolute atomic E-state index is 14.6. The Hall–Kier alpha value is -1.69. The van der Waals surface area contributed by atoms with Crippen molar-refractivity contribution in [2.24, 2.45) is 0 Å². The van der Waals surface area contributed by atoms with Gasteiger partial charge in [0, 0.05) is 62.4 Å². The Morgan fingerprint density at radius 3 is 2.71 bits per heavy atom. The highest BCUT2D eigenvalue weighted by Crippen LogP contribution is 2.40. The molecule has 4 nitrogen and oxygen atoms in total. The molecule has 3 N–H and O–H groups in total. The molecule has 1 saturated carbocycles. The van der Waals surface area contributed by atoms with Crippen molar-refractivity contribution in [3.8, 4) is 5.75 Å². The zero-order chi connectivity index (χ0) is 19.4. The van der Waals surface area contributed by atoms with Crippen molar-refractivity contribution in [3.63, 3.8) is 0 Å². The molecule has 0 spiro atoms. The minimum atomic E-state index is -0.239. The number of benzene rings is 1. The number of phenols is 1. The Kier molecular flexibility index (Phi) is 6.14. The van der Waals surface area contributed by atoms with E-state index >= 15 is 0 Å². The van der Waals surface area contributed by atoms with Gasteiger partial charge in [-0.2, -0.15) is 0 Å². The lowest BCUT2D eigenvalue weighted by atomic mass is 9.84. The van der Waals surface area contributed by atoms with Gasteiger partial charge in [-0.05, 0) is 37.0 Å². The van der Waals surface area contributed by atoms with Crippen LogP contribution in [-0.2, 0) is 13.1 Å². The van der Waals surface area contributed by atoms with Crippen LogP contribution in [0.15, 0.2) is 41.8 Å². The van der Waals surface area contributed by atoms with E-state index in [0.717, 1.165) is 81.5 Å². The molecule has 4 rings (SSSR count). The van der Waals surface area contributed by atoms with Gasteiger partial charge in [0.15, 0.2) is 0 Å². The van der Waals surface area contributed by atoms with Gasteiger partial charge in [0.25, 0.3) is 0 Å². The van der Waals surface area contributed by atoms with E-state index in [0.29, 0.717) is 18.7 Å². The molecule has 0 aromatic heterocycles. The maximum Gasteiger partial charge on any atom is 0.120 e. The van der Waals surface area contributed by atoms with E-state index in [1.165, 1.54) is 0 Å². The molecule has 1 aromatic carbocycles. The molecule has 3 aliphatic rings. The number of hydrogen-bond acceptors (Lipinski definition) is 4. The number of allylic oxidation sites excluding steroid dienone is 2. The van der Waals surface area contributed by atoms with Crippen LogP contribution >= 0.6 is 0 Å². The van der Waals surface area contributed by atoms with Crippen LogP contribution in [0.1, 0.15) is 49.7 Å². The van der Waals surface area contributed by atoms with Crippen LogP contribution < -0.4 is 10.6 Å². The van der Waals surface area contributed by atoms with Crippen molar-refractivity contribution in [1.29, 1.82) is 0 Å². The van der Waals surface area contributed by atoms with Crippen LogP contribution in [0.4, 0.5) is 4.39 Å². The fraction of sp³-hybridized carbons (Fsp3) is 0.565. The third-order valence-electron chi connectivity index (χ3n) is 6.46. The molecule has 1 aromatic rings. The first-order valence-corrected chi connectivity index (χ1v) is 10.7. The quantitative estimate of drug-likeness (QED) is 0.698. The molecule has 0 amide bonds. The summed E-state index contributed by atoms with van der Waals surface area (Å²) in [4.78, 5) is 2.37. The first kappa shape index (κ1) is 19.6. The van der Waals surface area contributed by atoms with Crippen molar-refractivity contribution < 1.29 is 9.50 Å². The molecular formula is C23H32FN3O. The van der Waals surface area contributed by atoms with E-state index < -0.39 is 0 Å². The second kappa shape index (κ2) is 8.76. The van der Waals surface area contributed by atoms with Gasteiger partial charge in [-0.3, -0.25) is 4.90 Å². The second-order valence-corrected chi connectivity index (χ2v) is 8.39. The van der Waals surface area contributed by atoms with Crippen molar-refractivity contribution >= 4 is 0 Å². The lowest BCUT2D eigenvalue weighted by molar-refractivity contribution is 0.230. The number of nitrogens with one attached hydrogen (secondary N) is 2. The Balaban J connectivity index is 1.47. The Labute approximate surface area is 167 Å². The highest BCUT2D eigenvalue weighted by molar-refractivity contribution is 5.39. The summed E-state index contributed by atoms with van der Waals surface area (Å²) in [6.45, 7) is 5.47. The summed E-state index contributed by atoms with van der Waals surface area (Å²) < 4.78 is 14.6. The minimum absolute atomic E-state index is 0.0574. The Morgan fingerprint density at radius 1 is 1.18 bits per heavy atom. The zero-order valence-electron chi connectivity index (χ0n) is 16.6. The molecule has 1 saturated heterocycles. The maximum atomic E-state index is 14.6.